The maximum Gasteiger partial charge on any atom is 0.208 e. The number of rotatable bonds is 4. The molecule has 7 nitrogen and oxygen atoms in total. The smallest absolute Gasteiger partial charge is 0.208 e. The number of aryl methyl sites for hydroxylation is 2. The zero-order chi connectivity index (χ0) is 20.8. The summed E-state index contributed by atoms with van der Waals surface area (Å²) in [4.78, 5) is 13.6. The second-order valence-electron chi connectivity index (χ2n) is 7.42. The van der Waals surface area contributed by atoms with Gasteiger partial charge in [-0.05, 0) is 32.0 Å². The molecule has 0 unspecified atom stereocenters. The molecule has 4 aromatic rings. The zero-order valence-corrected chi connectivity index (χ0v) is 16.7. The van der Waals surface area contributed by atoms with Crippen LogP contribution in [0.2, 0.25) is 0 Å². The van der Waals surface area contributed by atoms with Gasteiger partial charge in [0.15, 0.2) is 0 Å². The van der Waals surface area contributed by atoms with Gasteiger partial charge in [0, 0.05) is 53.8 Å². The van der Waals surface area contributed by atoms with Crippen molar-refractivity contribution < 1.29 is 9.13 Å². The number of hydrogen-bond donors (Lipinski definition) is 2. The first-order valence-corrected chi connectivity index (χ1v) is 9.75. The Kier molecular flexibility index (Phi) is 4.27. The van der Waals surface area contributed by atoms with E-state index >= 15 is 0 Å². The second-order valence-corrected chi connectivity index (χ2v) is 7.42. The van der Waals surface area contributed by atoms with Crippen LogP contribution in [0.1, 0.15) is 22.5 Å². The van der Waals surface area contributed by atoms with Crippen LogP contribution in [0.4, 0.5) is 16.0 Å². The minimum Gasteiger partial charge on any atom is -0.493 e. The normalized spacial score (nSPS) is 12.8. The van der Waals surface area contributed by atoms with Crippen LogP contribution >= 0.6 is 0 Å². The molecule has 0 aliphatic carbocycles. The molecule has 0 saturated carbocycles. The molecular formula is C22H21FN6O. The number of aromatic nitrogens is 4. The number of nitrogens with zero attached hydrogens (tertiary/aromatic N) is 4. The fourth-order valence-corrected chi connectivity index (χ4v) is 3.80. The number of benzene rings is 1. The van der Waals surface area contributed by atoms with Crippen molar-refractivity contribution >= 4 is 17.3 Å². The summed E-state index contributed by atoms with van der Waals surface area (Å²) in [7, 11) is 0. The van der Waals surface area contributed by atoms with E-state index in [-0.39, 0.29) is 5.82 Å². The predicted molar refractivity (Wildman–Crippen MR) is 113 cm³/mol. The number of nitrogens with two attached hydrogens (primary N) is 1. The number of nitrogen functional groups attached to an aromatic ring is 1. The number of hydrogen-bond acceptors (Lipinski definition) is 6. The maximum atomic E-state index is 14.5. The molecule has 0 atom stereocenters. The van der Waals surface area contributed by atoms with E-state index in [1.165, 1.54) is 6.07 Å². The summed E-state index contributed by atoms with van der Waals surface area (Å²) in [6, 6.07) is 5.01. The van der Waals surface area contributed by atoms with Crippen LogP contribution in [0.15, 0.2) is 36.8 Å². The number of anilines is 2. The fraction of sp³-hybridized carbons (Fsp3) is 0.227. The quantitative estimate of drug-likeness (QED) is 0.539. The van der Waals surface area contributed by atoms with Crippen LogP contribution in [-0.4, -0.2) is 26.0 Å². The molecular weight excluding hydrogens is 383 g/mol. The largest absolute Gasteiger partial charge is 0.493 e. The Balaban J connectivity index is 1.53. The van der Waals surface area contributed by atoms with Crippen molar-refractivity contribution in [1.29, 1.82) is 0 Å². The second kappa shape index (κ2) is 6.98. The van der Waals surface area contributed by atoms with Gasteiger partial charge < -0.3 is 15.8 Å². The molecule has 0 fully saturated rings. The summed E-state index contributed by atoms with van der Waals surface area (Å²) in [5, 5.41) is 3.26. The molecule has 0 saturated heterocycles. The lowest BCUT2D eigenvalue weighted by molar-refractivity contribution is 0.356. The molecule has 0 bridgehead atoms. The van der Waals surface area contributed by atoms with Gasteiger partial charge in [0.05, 0.1) is 23.7 Å². The van der Waals surface area contributed by atoms with Crippen LogP contribution in [-0.2, 0) is 13.0 Å². The maximum absolute atomic E-state index is 14.5. The van der Waals surface area contributed by atoms with Gasteiger partial charge in [0.2, 0.25) is 5.95 Å². The Morgan fingerprint density at radius 1 is 1.23 bits per heavy atom. The van der Waals surface area contributed by atoms with Gasteiger partial charge in [-0.3, -0.25) is 9.38 Å². The highest BCUT2D eigenvalue weighted by molar-refractivity contribution is 5.79. The van der Waals surface area contributed by atoms with Crippen molar-refractivity contribution in [2.24, 2.45) is 0 Å². The summed E-state index contributed by atoms with van der Waals surface area (Å²) >= 11 is 0. The van der Waals surface area contributed by atoms with Crippen molar-refractivity contribution in [3.8, 4) is 16.9 Å². The van der Waals surface area contributed by atoms with Crippen LogP contribution in [0.5, 0.6) is 5.75 Å². The van der Waals surface area contributed by atoms with Crippen molar-refractivity contribution in [2.75, 3.05) is 17.7 Å². The van der Waals surface area contributed by atoms with Gasteiger partial charge in [-0.25, -0.2) is 14.4 Å². The zero-order valence-electron chi connectivity index (χ0n) is 16.7. The fourth-order valence-electron chi connectivity index (χ4n) is 3.80. The summed E-state index contributed by atoms with van der Waals surface area (Å²) in [6.45, 7) is 4.67. The SMILES string of the molecule is Cc1cn2c(NCc3c(F)ccc4c3CCO4)ncc(-c3cnc(C)c(N)c3)c2n1. The summed E-state index contributed by atoms with van der Waals surface area (Å²) < 4.78 is 21.9. The van der Waals surface area contributed by atoms with Crippen molar-refractivity contribution in [2.45, 2.75) is 26.8 Å². The van der Waals surface area contributed by atoms with Gasteiger partial charge in [-0.1, -0.05) is 0 Å². The molecule has 8 heteroatoms. The molecule has 4 heterocycles. The number of halogens is 1. The van der Waals surface area contributed by atoms with E-state index in [9.17, 15) is 4.39 Å². The Bertz CT molecular complexity index is 1280. The molecule has 0 spiro atoms. The minimum absolute atomic E-state index is 0.248. The highest BCUT2D eigenvalue weighted by Crippen LogP contribution is 2.31. The van der Waals surface area contributed by atoms with E-state index in [0.717, 1.165) is 39.5 Å². The summed E-state index contributed by atoms with van der Waals surface area (Å²) in [5.41, 5.74) is 12.2. The van der Waals surface area contributed by atoms with E-state index in [0.29, 0.717) is 36.8 Å². The molecule has 3 aromatic heterocycles. The van der Waals surface area contributed by atoms with Gasteiger partial charge in [-0.15, -0.1) is 0 Å². The number of imidazole rings is 1. The third-order valence-electron chi connectivity index (χ3n) is 5.41. The Labute approximate surface area is 172 Å². The molecule has 152 valence electrons. The van der Waals surface area contributed by atoms with Gasteiger partial charge in [0.1, 0.15) is 17.2 Å². The lowest BCUT2D eigenvalue weighted by Gasteiger charge is -2.13. The molecule has 3 N–H and O–H groups in total. The average Bonchev–Trinajstić information content (AvgIpc) is 3.35. The van der Waals surface area contributed by atoms with Gasteiger partial charge >= 0.3 is 0 Å². The number of ether oxygens (including phenoxy) is 1. The van der Waals surface area contributed by atoms with Crippen molar-refractivity contribution in [3.63, 3.8) is 0 Å². The first-order valence-electron chi connectivity index (χ1n) is 9.75. The lowest BCUT2D eigenvalue weighted by Crippen LogP contribution is -2.09. The van der Waals surface area contributed by atoms with Crippen molar-refractivity contribution in [1.82, 2.24) is 19.4 Å². The first-order chi connectivity index (χ1) is 14.5. The number of nitrogens with one attached hydrogen (secondary N) is 1. The van der Waals surface area contributed by atoms with E-state index in [2.05, 4.69) is 20.3 Å². The van der Waals surface area contributed by atoms with E-state index in [1.54, 1.807) is 18.5 Å². The van der Waals surface area contributed by atoms with E-state index < -0.39 is 0 Å². The average molecular weight is 404 g/mol. The number of fused-ring (bicyclic) bond motifs is 2. The highest BCUT2D eigenvalue weighted by atomic mass is 19.1. The summed E-state index contributed by atoms with van der Waals surface area (Å²) in [5.74, 6) is 1.09. The highest BCUT2D eigenvalue weighted by Gasteiger charge is 2.20. The molecule has 30 heavy (non-hydrogen) atoms. The van der Waals surface area contributed by atoms with Crippen LogP contribution < -0.4 is 15.8 Å². The molecule has 5 rings (SSSR count). The lowest BCUT2D eigenvalue weighted by atomic mass is 10.0. The summed E-state index contributed by atoms with van der Waals surface area (Å²) in [6.07, 6.45) is 6.11. The minimum atomic E-state index is -0.248. The topological polar surface area (TPSA) is 90.4 Å². The van der Waals surface area contributed by atoms with Crippen molar-refractivity contribution in [3.05, 3.63) is 65.1 Å². The Hall–Kier alpha value is -3.68. The molecule has 1 aliphatic rings. The first kappa shape index (κ1) is 18.4. The molecule has 1 aliphatic heterocycles. The third kappa shape index (κ3) is 3.01. The predicted octanol–water partition coefficient (Wildman–Crippen LogP) is 3.68. The number of pyridine rings is 1. The van der Waals surface area contributed by atoms with Crippen LogP contribution in [0, 0.1) is 19.7 Å². The Morgan fingerprint density at radius 3 is 2.93 bits per heavy atom. The van der Waals surface area contributed by atoms with Gasteiger partial charge in [0.25, 0.3) is 0 Å². The van der Waals surface area contributed by atoms with Crippen LogP contribution in [0.25, 0.3) is 16.8 Å². The third-order valence-corrected chi connectivity index (χ3v) is 5.41. The van der Waals surface area contributed by atoms with E-state index in [4.69, 9.17) is 10.5 Å². The van der Waals surface area contributed by atoms with Crippen LogP contribution in [0.3, 0.4) is 0 Å². The molecule has 0 radical (unpaired) electrons. The molecule has 1 aromatic carbocycles. The van der Waals surface area contributed by atoms with E-state index in [1.807, 2.05) is 30.5 Å². The Morgan fingerprint density at radius 2 is 2.10 bits per heavy atom. The van der Waals surface area contributed by atoms with Gasteiger partial charge in [-0.2, -0.15) is 0 Å². The molecule has 0 amide bonds. The monoisotopic (exact) mass is 404 g/mol. The standard InChI is InChI=1S/C22H21FN6O/c1-12-11-29-21(28-12)16(14-7-19(24)13(2)25-8-14)9-26-22(29)27-10-17-15-5-6-30-20(15)4-3-18(17)23/h3-4,7-9,11H,5-6,10,24H2,1-2H3,(H,26,27).